The van der Waals surface area contributed by atoms with Crippen LogP contribution in [-0.2, 0) is 25.7 Å². The number of carbonyl (C=O) groups excluding carboxylic acids is 3. The van der Waals surface area contributed by atoms with Gasteiger partial charge in [-0.05, 0) is 69.4 Å². The molecule has 1 aliphatic carbocycles. The number of carbonyl (C=O) groups is 4. The number of tetrazole rings is 1. The number of nitrogens with zero attached hydrogens (tertiary/aromatic N) is 5. The molecule has 1 saturated heterocycles. The Morgan fingerprint density at radius 3 is 2.65 bits per heavy atom. The fourth-order valence-electron chi connectivity index (χ4n) is 6.66. The number of aliphatic carboxylic acids is 1. The van der Waals surface area contributed by atoms with Crippen molar-refractivity contribution in [1.82, 2.24) is 35.7 Å². The van der Waals surface area contributed by atoms with Gasteiger partial charge in [0.15, 0.2) is 0 Å². The zero-order valence-electron chi connectivity index (χ0n) is 29.2. The molecule has 0 bridgehead atoms. The normalized spacial score (nSPS) is 26.1. The van der Waals surface area contributed by atoms with Crippen molar-refractivity contribution in [3.05, 3.63) is 72.3 Å². The number of rotatable bonds is 7. The molecule has 3 heterocycles. The Morgan fingerprint density at radius 2 is 1.88 bits per heavy atom. The van der Waals surface area contributed by atoms with Crippen molar-refractivity contribution in [1.29, 1.82) is 0 Å². The quantitative estimate of drug-likeness (QED) is 0.299. The van der Waals surface area contributed by atoms with Crippen molar-refractivity contribution in [3.8, 4) is 17.1 Å². The summed E-state index contributed by atoms with van der Waals surface area (Å²) in [5, 5.41) is 28.9. The number of benzene rings is 2. The molecule has 3 aromatic rings. The average Bonchev–Trinajstić information content (AvgIpc) is 3.39. The van der Waals surface area contributed by atoms with E-state index in [0.717, 1.165) is 24.8 Å². The summed E-state index contributed by atoms with van der Waals surface area (Å²) in [6.07, 6.45) is 6.83. The molecule has 0 unspecified atom stereocenters. The SMILES string of the molecule is CC(C)(C)OC(=O)N[C@H]1CCCCC/C=C\[C@@H]2C[C@@]2(C(=O)O)NC(=O)[C@@H]2C[C@@H](n3nnc(-c4cccc(OCc5ccccc5)c4)n3)CN2C1=O. The van der Waals surface area contributed by atoms with Gasteiger partial charge in [0.05, 0.1) is 6.04 Å². The monoisotopic (exact) mass is 699 g/mol. The van der Waals surface area contributed by atoms with Gasteiger partial charge in [0, 0.05) is 24.4 Å². The molecule has 1 aromatic heterocycles. The zero-order valence-corrected chi connectivity index (χ0v) is 29.2. The van der Waals surface area contributed by atoms with Crippen LogP contribution < -0.4 is 15.4 Å². The summed E-state index contributed by atoms with van der Waals surface area (Å²) >= 11 is 0. The van der Waals surface area contributed by atoms with Gasteiger partial charge in [-0.1, -0.05) is 67.5 Å². The van der Waals surface area contributed by atoms with E-state index in [2.05, 4.69) is 26.0 Å². The summed E-state index contributed by atoms with van der Waals surface area (Å²) in [4.78, 5) is 56.4. The summed E-state index contributed by atoms with van der Waals surface area (Å²) in [5.41, 5.74) is -0.524. The predicted molar refractivity (Wildman–Crippen MR) is 185 cm³/mol. The molecule has 5 atom stereocenters. The van der Waals surface area contributed by atoms with Gasteiger partial charge in [0.25, 0.3) is 0 Å². The molecule has 2 aromatic carbocycles. The van der Waals surface area contributed by atoms with Crippen LogP contribution in [0.1, 0.15) is 77.3 Å². The molecule has 14 nitrogen and oxygen atoms in total. The Kier molecular flexibility index (Phi) is 10.4. The third-order valence-electron chi connectivity index (χ3n) is 9.42. The second kappa shape index (κ2) is 14.9. The topological polar surface area (TPSA) is 178 Å². The van der Waals surface area contributed by atoms with E-state index in [4.69, 9.17) is 9.47 Å². The number of carboxylic acids is 1. The van der Waals surface area contributed by atoms with Gasteiger partial charge >= 0.3 is 12.1 Å². The van der Waals surface area contributed by atoms with E-state index in [9.17, 15) is 24.3 Å². The van der Waals surface area contributed by atoms with Crippen LogP contribution in [0.3, 0.4) is 0 Å². The summed E-state index contributed by atoms with van der Waals surface area (Å²) in [6.45, 7) is 5.65. The van der Waals surface area contributed by atoms with E-state index < -0.39 is 53.1 Å². The van der Waals surface area contributed by atoms with Gasteiger partial charge in [0.2, 0.25) is 17.6 Å². The Bertz CT molecular complexity index is 1770. The van der Waals surface area contributed by atoms with Crippen molar-refractivity contribution in [2.45, 2.75) is 102 Å². The lowest BCUT2D eigenvalue weighted by Crippen LogP contribution is -2.56. The molecule has 1 saturated carbocycles. The first-order valence-electron chi connectivity index (χ1n) is 17.5. The number of alkyl carbamates (subject to hydrolysis) is 1. The maximum Gasteiger partial charge on any atom is 0.408 e. The van der Waals surface area contributed by atoms with Gasteiger partial charge in [-0.3, -0.25) is 9.59 Å². The average molecular weight is 700 g/mol. The lowest BCUT2D eigenvalue weighted by atomic mass is 10.0. The van der Waals surface area contributed by atoms with Crippen molar-refractivity contribution in [2.24, 2.45) is 5.92 Å². The molecule has 0 radical (unpaired) electrons. The lowest BCUT2D eigenvalue weighted by Gasteiger charge is -2.30. The molecular formula is C37H45N7O7. The van der Waals surface area contributed by atoms with Crippen LogP contribution in [0.4, 0.5) is 4.79 Å². The largest absolute Gasteiger partial charge is 0.489 e. The molecule has 3 aliphatic rings. The highest BCUT2D eigenvalue weighted by molar-refractivity contribution is 5.96. The summed E-state index contributed by atoms with van der Waals surface area (Å²) in [6, 6.07) is 14.6. The number of hydrogen-bond donors (Lipinski definition) is 3. The van der Waals surface area contributed by atoms with Crippen LogP contribution in [0.25, 0.3) is 11.4 Å². The number of allylic oxidation sites excluding steroid dienone is 1. The summed E-state index contributed by atoms with van der Waals surface area (Å²) in [7, 11) is 0. The summed E-state index contributed by atoms with van der Waals surface area (Å²) < 4.78 is 11.4. The Labute approximate surface area is 296 Å². The second-order valence-electron chi connectivity index (χ2n) is 14.5. The number of amides is 3. The first-order valence-corrected chi connectivity index (χ1v) is 17.5. The minimum Gasteiger partial charge on any atom is -0.489 e. The van der Waals surface area contributed by atoms with E-state index in [1.54, 1.807) is 20.8 Å². The van der Waals surface area contributed by atoms with Crippen LogP contribution in [0.15, 0.2) is 66.7 Å². The fourth-order valence-corrected chi connectivity index (χ4v) is 6.66. The molecule has 2 fully saturated rings. The number of nitrogens with one attached hydrogen (secondary N) is 2. The van der Waals surface area contributed by atoms with Crippen LogP contribution >= 0.6 is 0 Å². The zero-order chi connectivity index (χ0) is 36.2. The molecule has 6 rings (SSSR count). The maximum absolute atomic E-state index is 14.3. The molecule has 51 heavy (non-hydrogen) atoms. The molecule has 0 spiro atoms. The van der Waals surface area contributed by atoms with E-state index in [1.807, 2.05) is 66.7 Å². The summed E-state index contributed by atoms with van der Waals surface area (Å²) in [5.74, 6) is -1.55. The van der Waals surface area contributed by atoms with Gasteiger partial charge in [-0.25, -0.2) is 9.59 Å². The highest BCUT2D eigenvalue weighted by atomic mass is 16.6. The number of fused-ring (bicyclic) bond motifs is 2. The molecule has 270 valence electrons. The molecule has 2 aliphatic heterocycles. The molecule has 3 N–H and O–H groups in total. The van der Waals surface area contributed by atoms with Gasteiger partial charge in [0.1, 0.15) is 35.6 Å². The number of hydrogen-bond acceptors (Lipinski definition) is 9. The van der Waals surface area contributed by atoms with Crippen LogP contribution in [0, 0.1) is 5.92 Å². The Hall–Kier alpha value is -5.27. The van der Waals surface area contributed by atoms with Crippen LogP contribution in [0.5, 0.6) is 5.75 Å². The molecule has 3 amide bonds. The van der Waals surface area contributed by atoms with E-state index in [0.29, 0.717) is 36.6 Å². The minimum absolute atomic E-state index is 0.0445. The van der Waals surface area contributed by atoms with Crippen molar-refractivity contribution >= 4 is 23.9 Å². The van der Waals surface area contributed by atoms with Gasteiger partial charge in [-0.15, -0.1) is 10.2 Å². The molecular weight excluding hydrogens is 654 g/mol. The lowest BCUT2D eigenvalue weighted by molar-refractivity contribution is -0.145. The third kappa shape index (κ3) is 8.55. The van der Waals surface area contributed by atoms with E-state index >= 15 is 0 Å². The minimum atomic E-state index is -1.44. The Morgan fingerprint density at radius 1 is 1.08 bits per heavy atom. The van der Waals surface area contributed by atoms with Crippen molar-refractivity contribution in [3.63, 3.8) is 0 Å². The maximum atomic E-state index is 14.3. The number of carboxylic acid groups (broad SMARTS) is 1. The van der Waals surface area contributed by atoms with Gasteiger partial charge in [-0.2, -0.15) is 4.80 Å². The predicted octanol–water partition coefficient (Wildman–Crippen LogP) is 4.43. The number of ether oxygens (including phenoxy) is 2. The van der Waals surface area contributed by atoms with Crippen molar-refractivity contribution in [2.75, 3.05) is 6.54 Å². The highest BCUT2D eigenvalue weighted by Gasteiger charge is 2.61. The fraction of sp³-hybridized carbons (Fsp3) is 0.486. The van der Waals surface area contributed by atoms with Crippen LogP contribution in [-0.4, -0.2) is 83.9 Å². The smallest absolute Gasteiger partial charge is 0.408 e. The first-order chi connectivity index (χ1) is 24.4. The Balaban J connectivity index is 1.24. The van der Waals surface area contributed by atoms with Gasteiger partial charge < -0.3 is 30.1 Å². The van der Waals surface area contributed by atoms with Crippen LogP contribution in [0.2, 0.25) is 0 Å². The number of aromatic nitrogens is 4. The molecule has 14 heteroatoms. The third-order valence-corrected chi connectivity index (χ3v) is 9.42. The van der Waals surface area contributed by atoms with E-state index in [1.165, 1.54) is 9.70 Å². The first kappa shape index (κ1) is 35.6. The standard InChI is InChI=1S/C37H45N7O7/c1-36(2,3)51-35(49)38-29-18-11-6-4-5-10-16-26-21-37(26,34(47)48)39-32(45)30-20-27(22-43(30)33(29)46)44-41-31(40-42-44)25-15-12-17-28(19-25)50-23-24-13-8-7-9-14-24/h7-10,12-17,19,26-27,29-30H,4-6,11,18,20-23H2,1-3H3,(H,38,49)(H,39,45)(H,47,48)/b16-10-/t26-,27-,29+,30+,37-/m1/s1. The highest BCUT2D eigenvalue weighted by Crippen LogP contribution is 2.45. The second-order valence-corrected chi connectivity index (χ2v) is 14.5. The van der Waals surface area contributed by atoms with E-state index in [-0.39, 0.29) is 25.3 Å². The van der Waals surface area contributed by atoms with Crippen molar-refractivity contribution < 1.29 is 33.8 Å².